The van der Waals surface area contributed by atoms with Gasteiger partial charge in [-0.25, -0.2) is 4.39 Å². The Balaban J connectivity index is 2.66. The zero-order valence-electron chi connectivity index (χ0n) is 10.3. The van der Waals surface area contributed by atoms with E-state index in [0.717, 1.165) is 12.8 Å². The molecule has 0 bridgehead atoms. The van der Waals surface area contributed by atoms with Crippen LogP contribution in [0.2, 0.25) is 0 Å². The maximum atomic E-state index is 12.7. The molecule has 2 amide bonds. The van der Waals surface area contributed by atoms with E-state index in [1.165, 1.54) is 24.3 Å². The van der Waals surface area contributed by atoms with Crippen LogP contribution in [-0.2, 0) is 4.79 Å². The lowest BCUT2D eigenvalue weighted by Crippen LogP contribution is -2.44. The summed E-state index contributed by atoms with van der Waals surface area (Å²) >= 11 is 0. The highest BCUT2D eigenvalue weighted by molar-refractivity contribution is 5.97. The fourth-order valence-corrected chi connectivity index (χ4v) is 1.54. The Labute approximate surface area is 105 Å². The first-order chi connectivity index (χ1) is 8.54. The Bertz CT molecular complexity index is 418. The van der Waals surface area contributed by atoms with Gasteiger partial charge in [-0.1, -0.05) is 19.8 Å². The van der Waals surface area contributed by atoms with Crippen LogP contribution >= 0.6 is 0 Å². The van der Waals surface area contributed by atoms with E-state index in [0.29, 0.717) is 12.0 Å². The fraction of sp³-hybridized carbons (Fsp3) is 0.385. The predicted molar refractivity (Wildman–Crippen MR) is 66.4 cm³/mol. The van der Waals surface area contributed by atoms with E-state index in [2.05, 4.69) is 5.32 Å². The van der Waals surface area contributed by atoms with Crippen molar-refractivity contribution in [1.29, 1.82) is 0 Å². The average molecular weight is 252 g/mol. The second-order valence-corrected chi connectivity index (χ2v) is 4.08. The Morgan fingerprint density at radius 2 is 1.94 bits per heavy atom. The van der Waals surface area contributed by atoms with Gasteiger partial charge in [-0.2, -0.15) is 0 Å². The van der Waals surface area contributed by atoms with E-state index in [9.17, 15) is 14.0 Å². The molecule has 0 heterocycles. The van der Waals surface area contributed by atoms with Crippen LogP contribution in [0.1, 0.15) is 36.5 Å². The van der Waals surface area contributed by atoms with Crippen LogP contribution in [-0.4, -0.2) is 17.9 Å². The van der Waals surface area contributed by atoms with Crippen molar-refractivity contribution in [2.75, 3.05) is 0 Å². The summed E-state index contributed by atoms with van der Waals surface area (Å²) in [6.45, 7) is 1.99. The number of nitrogens with one attached hydrogen (secondary N) is 1. The second-order valence-electron chi connectivity index (χ2n) is 4.08. The summed E-state index contributed by atoms with van der Waals surface area (Å²) in [5.74, 6) is -1.39. The zero-order chi connectivity index (χ0) is 13.5. The quantitative estimate of drug-likeness (QED) is 0.807. The lowest BCUT2D eigenvalue weighted by Gasteiger charge is -2.14. The SMILES string of the molecule is CCCC[C@H](NC(=O)c1ccc(F)cc1)C(N)=O. The van der Waals surface area contributed by atoms with E-state index in [1.807, 2.05) is 6.92 Å². The summed E-state index contributed by atoms with van der Waals surface area (Å²) in [6, 6.07) is 4.44. The Hall–Kier alpha value is -1.91. The molecule has 98 valence electrons. The number of nitrogens with two attached hydrogens (primary N) is 1. The van der Waals surface area contributed by atoms with Crippen molar-refractivity contribution in [2.45, 2.75) is 32.2 Å². The van der Waals surface area contributed by atoms with Gasteiger partial charge < -0.3 is 11.1 Å². The summed E-state index contributed by atoms with van der Waals surface area (Å²) in [6.07, 6.45) is 2.23. The van der Waals surface area contributed by atoms with Crippen LogP contribution < -0.4 is 11.1 Å². The third-order valence-electron chi connectivity index (χ3n) is 2.60. The first-order valence-electron chi connectivity index (χ1n) is 5.90. The van der Waals surface area contributed by atoms with Crippen molar-refractivity contribution in [3.8, 4) is 0 Å². The number of unbranched alkanes of at least 4 members (excludes halogenated alkanes) is 1. The van der Waals surface area contributed by atoms with Gasteiger partial charge in [0.15, 0.2) is 0 Å². The molecule has 18 heavy (non-hydrogen) atoms. The van der Waals surface area contributed by atoms with Crippen molar-refractivity contribution >= 4 is 11.8 Å². The predicted octanol–water partition coefficient (Wildman–Crippen LogP) is 1.60. The van der Waals surface area contributed by atoms with Crippen molar-refractivity contribution in [3.05, 3.63) is 35.6 Å². The maximum absolute atomic E-state index is 12.7. The van der Waals surface area contributed by atoms with Crippen LogP contribution in [0.15, 0.2) is 24.3 Å². The van der Waals surface area contributed by atoms with Gasteiger partial charge in [-0.15, -0.1) is 0 Å². The lowest BCUT2D eigenvalue weighted by molar-refractivity contribution is -0.120. The third kappa shape index (κ3) is 4.16. The molecule has 1 aromatic carbocycles. The van der Waals surface area contributed by atoms with E-state index in [1.54, 1.807) is 0 Å². The molecule has 0 aliphatic carbocycles. The smallest absolute Gasteiger partial charge is 0.251 e. The molecular formula is C13H17FN2O2. The van der Waals surface area contributed by atoms with Crippen LogP contribution in [0.3, 0.4) is 0 Å². The molecule has 1 aromatic rings. The molecule has 0 radical (unpaired) electrons. The van der Waals surface area contributed by atoms with Gasteiger partial charge in [0.2, 0.25) is 5.91 Å². The fourth-order valence-electron chi connectivity index (χ4n) is 1.54. The van der Waals surface area contributed by atoms with Gasteiger partial charge in [-0.05, 0) is 30.7 Å². The molecule has 0 aliphatic rings. The van der Waals surface area contributed by atoms with Crippen molar-refractivity contribution in [3.63, 3.8) is 0 Å². The number of primary amides is 1. The lowest BCUT2D eigenvalue weighted by atomic mass is 10.1. The monoisotopic (exact) mass is 252 g/mol. The van der Waals surface area contributed by atoms with Gasteiger partial charge >= 0.3 is 0 Å². The molecular weight excluding hydrogens is 235 g/mol. The first kappa shape index (κ1) is 14.2. The molecule has 1 rings (SSSR count). The molecule has 0 aliphatic heterocycles. The highest BCUT2D eigenvalue weighted by Crippen LogP contribution is 2.05. The van der Waals surface area contributed by atoms with Crippen LogP contribution in [0.25, 0.3) is 0 Å². The van der Waals surface area contributed by atoms with E-state index in [4.69, 9.17) is 5.73 Å². The standard InChI is InChI=1S/C13H17FN2O2/c1-2-3-4-11(12(15)17)16-13(18)9-5-7-10(14)8-6-9/h5-8,11H,2-4H2,1H3,(H2,15,17)(H,16,18)/t11-/m0/s1. The van der Waals surface area contributed by atoms with Crippen molar-refractivity contribution in [1.82, 2.24) is 5.32 Å². The molecule has 0 saturated carbocycles. The molecule has 0 fully saturated rings. The minimum Gasteiger partial charge on any atom is -0.368 e. The third-order valence-corrected chi connectivity index (χ3v) is 2.60. The second kappa shape index (κ2) is 6.74. The Morgan fingerprint density at radius 1 is 1.33 bits per heavy atom. The van der Waals surface area contributed by atoms with Crippen molar-refractivity contribution in [2.24, 2.45) is 5.73 Å². The number of halogens is 1. The van der Waals surface area contributed by atoms with E-state index < -0.39 is 23.7 Å². The highest BCUT2D eigenvalue weighted by atomic mass is 19.1. The molecule has 0 aromatic heterocycles. The largest absolute Gasteiger partial charge is 0.368 e. The maximum Gasteiger partial charge on any atom is 0.251 e. The number of carbonyl (C=O) groups excluding carboxylic acids is 2. The first-order valence-corrected chi connectivity index (χ1v) is 5.90. The summed E-state index contributed by atoms with van der Waals surface area (Å²) in [5.41, 5.74) is 5.52. The Morgan fingerprint density at radius 3 is 2.44 bits per heavy atom. The molecule has 1 atom stereocenters. The number of carbonyl (C=O) groups is 2. The normalized spacial score (nSPS) is 11.9. The van der Waals surface area contributed by atoms with Crippen LogP contribution in [0.4, 0.5) is 4.39 Å². The van der Waals surface area contributed by atoms with Gasteiger partial charge in [0.25, 0.3) is 5.91 Å². The van der Waals surface area contributed by atoms with Gasteiger partial charge in [0, 0.05) is 5.56 Å². The minimum atomic E-state index is -0.678. The molecule has 5 heteroatoms. The topological polar surface area (TPSA) is 72.2 Å². The van der Waals surface area contributed by atoms with Crippen molar-refractivity contribution < 1.29 is 14.0 Å². The number of hydrogen-bond donors (Lipinski definition) is 2. The molecule has 4 nitrogen and oxygen atoms in total. The number of amides is 2. The number of hydrogen-bond acceptors (Lipinski definition) is 2. The summed E-state index contributed by atoms with van der Waals surface area (Å²) in [4.78, 5) is 23.0. The van der Waals surface area contributed by atoms with E-state index >= 15 is 0 Å². The van der Waals surface area contributed by atoms with E-state index in [-0.39, 0.29) is 0 Å². The minimum absolute atomic E-state index is 0.305. The number of benzene rings is 1. The summed E-state index contributed by atoms with van der Waals surface area (Å²) in [7, 11) is 0. The van der Waals surface area contributed by atoms with Crippen LogP contribution in [0.5, 0.6) is 0 Å². The molecule has 0 unspecified atom stereocenters. The van der Waals surface area contributed by atoms with Gasteiger partial charge in [0.1, 0.15) is 11.9 Å². The van der Waals surface area contributed by atoms with Crippen LogP contribution in [0, 0.1) is 5.82 Å². The highest BCUT2D eigenvalue weighted by Gasteiger charge is 2.18. The Kier molecular flexibility index (Phi) is 5.30. The average Bonchev–Trinajstić information content (AvgIpc) is 2.34. The molecule has 0 saturated heterocycles. The van der Waals surface area contributed by atoms with Gasteiger partial charge in [-0.3, -0.25) is 9.59 Å². The molecule has 0 spiro atoms. The summed E-state index contributed by atoms with van der Waals surface area (Å²) in [5, 5.41) is 2.55. The number of rotatable bonds is 6. The van der Waals surface area contributed by atoms with Gasteiger partial charge in [0.05, 0.1) is 0 Å². The molecule has 3 N–H and O–H groups in total. The summed E-state index contributed by atoms with van der Waals surface area (Å²) < 4.78 is 12.7. The zero-order valence-corrected chi connectivity index (χ0v) is 10.3.